The number of hydrogen-bond acceptors (Lipinski definition) is 0. The first-order valence-electron chi connectivity index (χ1n) is 6.12. The van der Waals surface area contributed by atoms with E-state index in [0.29, 0.717) is 0 Å². The molecule has 2 aromatic carbocycles. The van der Waals surface area contributed by atoms with E-state index in [1.54, 1.807) is 12.2 Å². The van der Waals surface area contributed by atoms with Gasteiger partial charge in [-0.05, 0) is 0 Å². The maximum absolute atomic E-state index is 4.81. The van der Waals surface area contributed by atoms with Crippen LogP contribution in [0.4, 0.5) is 0 Å². The second kappa shape index (κ2) is 15.3. The van der Waals surface area contributed by atoms with E-state index in [0.717, 1.165) is 0 Å². The second-order valence-electron chi connectivity index (χ2n) is 3.67. The average molecular weight is 412 g/mol. The molecule has 0 aromatic heterocycles. The van der Waals surface area contributed by atoms with Crippen LogP contribution in [0.3, 0.4) is 0 Å². The van der Waals surface area contributed by atoms with Gasteiger partial charge in [0.15, 0.2) is 0 Å². The summed E-state index contributed by atoms with van der Waals surface area (Å²) >= 11 is -0.106. The molecule has 0 saturated carbocycles. The number of rotatable bonds is 2. The molecule has 0 amide bonds. The Hall–Kier alpha value is -1.10. The Morgan fingerprint density at radius 3 is 1.19 bits per heavy atom. The van der Waals surface area contributed by atoms with Gasteiger partial charge in [-0.1, -0.05) is 60.7 Å². The summed E-state index contributed by atoms with van der Waals surface area (Å²) in [5, 5.41) is 0. The van der Waals surface area contributed by atoms with Crippen molar-refractivity contribution in [2.45, 2.75) is 0 Å². The van der Waals surface area contributed by atoms with Gasteiger partial charge in [0, 0.05) is 0 Å². The minimum atomic E-state index is -0.106. The molecule has 0 nitrogen and oxygen atoms in total. The van der Waals surface area contributed by atoms with Crippen molar-refractivity contribution in [2.75, 3.05) is 0 Å². The average Bonchev–Trinajstić information content (AvgIpc) is 2.52. The van der Waals surface area contributed by atoms with Crippen molar-refractivity contribution in [1.82, 2.24) is 0 Å². The van der Waals surface area contributed by atoms with Crippen molar-refractivity contribution in [3.63, 3.8) is 0 Å². The molecule has 0 aliphatic carbocycles. The third kappa shape index (κ3) is 12.4. The molecule has 0 saturated heterocycles. The molecular formula is C18H18Cl2Pd-2. The maximum atomic E-state index is 4.81. The molecule has 0 unspecified atom stereocenters. The second-order valence-corrected chi connectivity index (χ2v) is 6.03. The van der Waals surface area contributed by atoms with E-state index in [-0.39, 0.29) is 15.9 Å². The Balaban J connectivity index is 0.000000322. The fraction of sp³-hybridized carbons (Fsp3) is 0. The van der Waals surface area contributed by atoms with Gasteiger partial charge >= 0.3 is 35.0 Å². The van der Waals surface area contributed by atoms with Crippen LogP contribution in [-0.4, -0.2) is 0 Å². The molecule has 0 spiro atoms. The van der Waals surface area contributed by atoms with Crippen LogP contribution in [0.5, 0.6) is 0 Å². The Kier molecular flexibility index (Phi) is 14.5. The van der Waals surface area contributed by atoms with E-state index >= 15 is 0 Å². The van der Waals surface area contributed by atoms with Gasteiger partial charge in [-0.2, -0.15) is 0 Å². The molecule has 21 heavy (non-hydrogen) atoms. The zero-order valence-corrected chi connectivity index (χ0v) is 14.6. The number of allylic oxidation sites excluding steroid dienone is 2. The molecule has 0 heterocycles. The van der Waals surface area contributed by atoms with E-state index in [1.807, 2.05) is 72.8 Å². The fourth-order valence-electron chi connectivity index (χ4n) is 1.40. The van der Waals surface area contributed by atoms with Crippen molar-refractivity contribution in [2.24, 2.45) is 0 Å². The van der Waals surface area contributed by atoms with Crippen LogP contribution in [-0.2, 0) is 15.9 Å². The van der Waals surface area contributed by atoms with Gasteiger partial charge in [-0.15, -0.1) is 11.1 Å². The molecular weight excluding hydrogens is 394 g/mol. The monoisotopic (exact) mass is 410 g/mol. The van der Waals surface area contributed by atoms with E-state index in [4.69, 9.17) is 19.1 Å². The predicted octanol–water partition coefficient (Wildman–Crippen LogP) is 6.44. The predicted molar refractivity (Wildman–Crippen MR) is 93.4 cm³/mol. The molecule has 3 heteroatoms. The first kappa shape index (κ1) is 19.9. The zero-order chi connectivity index (χ0) is 15.8. The van der Waals surface area contributed by atoms with E-state index in [1.165, 1.54) is 11.1 Å². The first-order chi connectivity index (χ1) is 10.3. The van der Waals surface area contributed by atoms with E-state index in [9.17, 15) is 0 Å². The molecule has 0 atom stereocenters. The quantitative estimate of drug-likeness (QED) is 0.394. The molecule has 0 bridgehead atoms. The molecule has 2 rings (SSSR count). The normalized spacial score (nSPS) is 9.81. The summed E-state index contributed by atoms with van der Waals surface area (Å²) in [6.45, 7) is 7.20. The van der Waals surface area contributed by atoms with Crippen LogP contribution in [0.1, 0.15) is 11.1 Å². The topological polar surface area (TPSA) is 0 Å². The van der Waals surface area contributed by atoms with Crippen molar-refractivity contribution in [1.29, 1.82) is 0 Å². The Labute approximate surface area is 144 Å². The third-order valence-electron chi connectivity index (χ3n) is 2.22. The summed E-state index contributed by atoms with van der Waals surface area (Å²) in [6.07, 6.45) is 7.52. The van der Waals surface area contributed by atoms with Crippen molar-refractivity contribution in [3.8, 4) is 0 Å². The van der Waals surface area contributed by atoms with E-state index < -0.39 is 0 Å². The standard InChI is InChI=1S/2C9H9.2ClH.Pd/c2*1-2-6-9-7-4-3-5-8-9;;;/h2*2-8H,1H2;2*1H;/q2*-1;;;+2/p-2. The summed E-state index contributed by atoms with van der Waals surface area (Å²) in [5.41, 5.74) is 2.40. The molecule has 116 valence electrons. The van der Waals surface area contributed by atoms with Gasteiger partial charge in [0.05, 0.1) is 0 Å². The van der Waals surface area contributed by atoms with Crippen molar-refractivity contribution >= 4 is 31.2 Å². The van der Waals surface area contributed by atoms with Gasteiger partial charge in [-0.25, -0.2) is 38.2 Å². The fourth-order valence-corrected chi connectivity index (χ4v) is 1.40. The van der Waals surface area contributed by atoms with Gasteiger partial charge in [0.25, 0.3) is 0 Å². The Morgan fingerprint density at radius 2 is 0.952 bits per heavy atom. The van der Waals surface area contributed by atoms with Crippen LogP contribution < -0.4 is 0 Å². The van der Waals surface area contributed by atoms with Crippen LogP contribution in [0.15, 0.2) is 72.8 Å². The molecule has 0 N–H and O–H groups in total. The van der Waals surface area contributed by atoms with E-state index in [2.05, 4.69) is 13.8 Å². The van der Waals surface area contributed by atoms with Crippen LogP contribution in [0.2, 0.25) is 0 Å². The van der Waals surface area contributed by atoms with Gasteiger partial charge in [0.1, 0.15) is 0 Å². The minimum absolute atomic E-state index is 0.106. The summed E-state index contributed by atoms with van der Waals surface area (Å²) in [6, 6.07) is 20.2. The third-order valence-corrected chi connectivity index (χ3v) is 2.22. The van der Waals surface area contributed by atoms with Gasteiger partial charge < -0.3 is 0 Å². The molecule has 0 aliphatic heterocycles. The molecule has 0 aliphatic rings. The molecule has 0 fully saturated rings. The summed E-state index contributed by atoms with van der Waals surface area (Å²) < 4.78 is 0. The van der Waals surface area contributed by atoms with Crippen LogP contribution >= 0.6 is 19.1 Å². The number of hydrogen-bond donors (Lipinski definition) is 0. The number of benzene rings is 2. The first-order valence-corrected chi connectivity index (χ1v) is 10.1. The Morgan fingerprint density at radius 1 is 0.667 bits per heavy atom. The van der Waals surface area contributed by atoms with Crippen LogP contribution in [0.25, 0.3) is 12.2 Å². The van der Waals surface area contributed by atoms with Crippen molar-refractivity contribution < 1.29 is 15.9 Å². The molecule has 0 radical (unpaired) electrons. The summed E-state index contributed by atoms with van der Waals surface area (Å²) in [5.74, 6) is 0. The molecule has 2 aromatic rings. The SMILES string of the molecule is [CH2-]C=Cc1ccccc1.[CH2-]C=Cc1ccccc1.[Cl][Pd][Cl]. The van der Waals surface area contributed by atoms with Crippen LogP contribution in [0, 0.1) is 13.8 Å². The van der Waals surface area contributed by atoms with Crippen molar-refractivity contribution in [3.05, 3.63) is 97.8 Å². The zero-order valence-electron chi connectivity index (χ0n) is 11.6. The van der Waals surface area contributed by atoms with Gasteiger partial charge in [0.2, 0.25) is 0 Å². The van der Waals surface area contributed by atoms with Gasteiger partial charge in [-0.3, -0.25) is 0 Å². The number of halogens is 2. The Bertz CT molecular complexity index is 446. The summed E-state index contributed by atoms with van der Waals surface area (Å²) in [4.78, 5) is 0. The summed E-state index contributed by atoms with van der Waals surface area (Å²) in [7, 11) is 9.63.